The van der Waals surface area contributed by atoms with Gasteiger partial charge in [0, 0.05) is 75.8 Å². The zero-order valence-corrected chi connectivity index (χ0v) is 30.1. The molecule has 286 valence electrons. The first-order valence-corrected chi connectivity index (χ1v) is 18.1. The van der Waals surface area contributed by atoms with Gasteiger partial charge < -0.3 is 29.1 Å². The first-order chi connectivity index (χ1) is 27.1. The monoisotopic (exact) mass is 761 g/mol. The SMILES string of the molecule is Cc1cc(-c2nc(C(=O)Nc3cc4oc(N5CCN(Cc6ccc7c(c6)C(=O)N(N6CCC(=O)NC6=O)C7=O)CC5)nc4nc3N3CC[C@@H](O)C3)co2)ccn1. The minimum atomic E-state index is -0.808. The molecule has 5 aromatic rings. The second-order valence-electron chi connectivity index (χ2n) is 14.0. The van der Waals surface area contributed by atoms with Gasteiger partial charge in [-0.05, 0) is 43.2 Å². The number of nitrogens with one attached hydrogen (secondary N) is 2. The number of aryl methyl sites for hydroxylation is 1. The number of amides is 6. The molecule has 4 aliphatic heterocycles. The van der Waals surface area contributed by atoms with Crippen molar-refractivity contribution in [2.45, 2.75) is 32.4 Å². The maximum absolute atomic E-state index is 13.4. The molecule has 6 amide bonds. The third-order valence-corrected chi connectivity index (χ3v) is 10.2. The van der Waals surface area contributed by atoms with Gasteiger partial charge in [0.15, 0.2) is 17.1 Å². The van der Waals surface area contributed by atoms with Crippen molar-refractivity contribution in [3.05, 3.63) is 76.9 Å². The lowest BCUT2D eigenvalue weighted by atomic mass is 10.1. The fourth-order valence-electron chi connectivity index (χ4n) is 7.32. The Hall–Kier alpha value is -6.73. The number of urea groups is 1. The van der Waals surface area contributed by atoms with E-state index in [9.17, 15) is 29.1 Å². The van der Waals surface area contributed by atoms with Crippen LogP contribution in [0.3, 0.4) is 0 Å². The van der Waals surface area contributed by atoms with Crippen molar-refractivity contribution >= 4 is 58.4 Å². The number of hydrogen-bond acceptors (Lipinski definition) is 15. The van der Waals surface area contributed by atoms with Gasteiger partial charge in [-0.2, -0.15) is 9.99 Å². The topological polar surface area (TPSA) is 224 Å². The molecule has 56 heavy (non-hydrogen) atoms. The second-order valence-corrected chi connectivity index (χ2v) is 14.0. The van der Waals surface area contributed by atoms with Crippen LogP contribution < -0.4 is 20.4 Å². The number of benzene rings is 1. The van der Waals surface area contributed by atoms with Crippen molar-refractivity contribution in [1.82, 2.24) is 40.2 Å². The zero-order chi connectivity index (χ0) is 38.7. The predicted molar refractivity (Wildman–Crippen MR) is 196 cm³/mol. The van der Waals surface area contributed by atoms with Gasteiger partial charge in [-0.3, -0.25) is 34.4 Å². The van der Waals surface area contributed by atoms with E-state index in [4.69, 9.17) is 18.8 Å². The van der Waals surface area contributed by atoms with Crippen LogP contribution >= 0.6 is 0 Å². The van der Waals surface area contributed by atoms with Crippen LogP contribution in [0.15, 0.2) is 57.7 Å². The molecule has 9 rings (SSSR count). The summed E-state index contributed by atoms with van der Waals surface area (Å²) in [4.78, 5) is 87.9. The standard InChI is InChI=1S/C37H35N11O8/c1-20-14-22(4-7-38-20)33-40-27(19-55-33)32(51)39-26-16-28-30(42-31(26)46-8-5-23(49)18-46)43-37(56-28)45-12-10-44(11-13-45)17-21-2-3-24-25(15-21)35(53)48(34(24)52)47-9-6-29(50)41-36(47)54/h2-4,7,14-16,19,23,49H,5-6,8-13,17-18H2,1H3,(H,39,51)(H,41,50,54)/t23-/m1/s1. The zero-order valence-electron chi connectivity index (χ0n) is 30.1. The van der Waals surface area contributed by atoms with Gasteiger partial charge in [0.1, 0.15) is 6.26 Å². The average Bonchev–Trinajstić information content (AvgIpc) is 3.99. The van der Waals surface area contributed by atoms with Gasteiger partial charge in [-0.15, -0.1) is 0 Å². The molecule has 1 atom stereocenters. The third kappa shape index (κ3) is 6.45. The summed E-state index contributed by atoms with van der Waals surface area (Å²) in [7, 11) is 0. The van der Waals surface area contributed by atoms with Gasteiger partial charge >= 0.3 is 6.03 Å². The highest BCUT2D eigenvalue weighted by atomic mass is 16.4. The van der Waals surface area contributed by atoms with Crippen LogP contribution in [-0.2, 0) is 11.3 Å². The fraction of sp³-hybridized carbons (Fsp3) is 0.324. The highest BCUT2D eigenvalue weighted by Gasteiger charge is 2.43. The van der Waals surface area contributed by atoms with E-state index in [0.717, 1.165) is 21.3 Å². The van der Waals surface area contributed by atoms with Crippen molar-refractivity contribution in [2.24, 2.45) is 0 Å². The number of nitrogens with zero attached hydrogens (tertiary/aromatic N) is 9. The first-order valence-electron chi connectivity index (χ1n) is 18.1. The number of hydrazine groups is 1. The highest BCUT2D eigenvalue weighted by Crippen LogP contribution is 2.34. The smallest absolute Gasteiger partial charge is 0.343 e. The molecule has 0 unspecified atom stereocenters. The summed E-state index contributed by atoms with van der Waals surface area (Å²) < 4.78 is 11.8. The van der Waals surface area contributed by atoms with Crippen LogP contribution in [-0.4, -0.2) is 122 Å². The number of oxazole rings is 2. The van der Waals surface area contributed by atoms with Crippen LogP contribution in [0.5, 0.6) is 0 Å². The summed E-state index contributed by atoms with van der Waals surface area (Å²) in [5, 5.41) is 17.1. The predicted octanol–water partition coefficient (Wildman–Crippen LogP) is 2.18. The van der Waals surface area contributed by atoms with Gasteiger partial charge in [-0.1, -0.05) is 6.07 Å². The number of aliphatic hydroxyl groups excluding tert-OH is 1. The molecule has 1 aromatic carbocycles. The minimum Gasteiger partial charge on any atom is -0.444 e. The Morgan fingerprint density at radius 1 is 0.946 bits per heavy atom. The molecule has 3 fully saturated rings. The van der Waals surface area contributed by atoms with Gasteiger partial charge in [0.05, 0.1) is 29.5 Å². The third-order valence-electron chi connectivity index (χ3n) is 10.2. The van der Waals surface area contributed by atoms with Gasteiger partial charge in [0.25, 0.3) is 23.7 Å². The summed E-state index contributed by atoms with van der Waals surface area (Å²) >= 11 is 0. The Morgan fingerprint density at radius 2 is 1.77 bits per heavy atom. The number of pyridine rings is 2. The highest BCUT2D eigenvalue weighted by molar-refractivity contribution is 6.22. The first kappa shape index (κ1) is 35.0. The number of fused-ring (bicyclic) bond motifs is 2. The molecular weight excluding hydrogens is 726 g/mol. The fourth-order valence-corrected chi connectivity index (χ4v) is 7.32. The van der Waals surface area contributed by atoms with E-state index in [0.29, 0.717) is 86.5 Å². The molecule has 0 saturated carbocycles. The van der Waals surface area contributed by atoms with Crippen molar-refractivity contribution in [1.29, 1.82) is 0 Å². The van der Waals surface area contributed by atoms with Crippen molar-refractivity contribution in [2.75, 3.05) is 60.9 Å². The van der Waals surface area contributed by atoms with Crippen LogP contribution in [0.1, 0.15) is 55.3 Å². The minimum absolute atomic E-state index is 0.0139. The molecule has 0 bridgehead atoms. The Morgan fingerprint density at radius 3 is 2.54 bits per heavy atom. The van der Waals surface area contributed by atoms with E-state index >= 15 is 0 Å². The molecule has 3 N–H and O–H groups in total. The molecule has 19 nitrogen and oxygen atoms in total. The molecule has 3 saturated heterocycles. The van der Waals surface area contributed by atoms with Crippen molar-refractivity contribution in [3.8, 4) is 11.5 Å². The van der Waals surface area contributed by atoms with Crippen LogP contribution in [0.25, 0.3) is 22.7 Å². The van der Waals surface area contributed by atoms with Crippen LogP contribution in [0.4, 0.5) is 22.3 Å². The van der Waals surface area contributed by atoms with E-state index < -0.39 is 35.8 Å². The summed E-state index contributed by atoms with van der Waals surface area (Å²) in [5.74, 6) is -1.45. The number of rotatable bonds is 8. The van der Waals surface area contributed by atoms with Crippen molar-refractivity contribution in [3.63, 3.8) is 0 Å². The number of aromatic nitrogens is 4. The van der Waals surface area contributed by atoms with Crippen LogP contribution in [0.2, 0.25) is 0 Å². The number of hydrogen-bond donors (Lipinski definition) is 3. The lowest BCUT2D eigenvalue weighted by Crippen LogP contribution is -2.58. The Balaban J connectivity index is 0.882. The molecule has 8 heterocycles. The Kier molecular flexibility index (Phi) is 8.65. The molecule has 0 spiro atoms. The summed E-state index contributed by atoms with van der Waals surface area (Å²) in [6.45, 7) is 5.61. The summed E-state index contributed by atoms with van der Waals surface area (Å²) in [5.41, 5.74) is 3.89. The van der Waals surface area contributed by atoms with E-state index in [1.54, 1.807) is 36.5 Å². The number of carbonyl (C=O) groups is 5. The number of β-amino-alcohol motifs (C(OH)–C–C–N with tert-alkyl or cyclic N) is 1. The number of piperazine rings is 1. The quantitative estimate of drug-likeness (QED) is 0.193. The van der Waals surface area contributed by atoms with E-state index in [1.807, 2.05) is 22.8 Å². The molecule has 0 radical (unpaired) electrons. The Labute approximate surface area is 317 Å². The van der Waals surface area contributed by atoms with E-state index in [2.05, 4.69) is 25.5 Å². The molecule has 4 aliphatic rings. The van der Waals surface area contributed by atoms with E-state index in [-0.39, 0.29) is 35.7 Å². The number of carbonyl (C=O) groups excluding carboxylic acids is 5. The largest absolute Gasteiger partial charge is 0.444 e. The molecule has 0 aliphatic carbocycles. The summed E-state index contributed by atoms with van der Waals surface area (Å²) in [6.07, 6.45) is 2.94. The Bertz CT molecular complexity index is 2440. The number of aliphatic hydroxyl groups is 1. The summed E-state index contributed by atoms with van der Waals surface area (Å²) in [6, 6.07) is 9.88. The van der Waals surface area contributed by atoms with Gasteiger partial charge in [-0.25, -0.2) is 19.8 Å². The molecular formula is C37H35N11O8. The number of anilines is 3. The van der Waals surface area contributed by atoms with Gasteiger partial charge in [0.2, 0.25) is 17.4 Å². The average molecular weight is 762 g/mol. The lowest BCUT2D eigenvalue weighted by molar-refractivity contribution is -0.122. The maximum Gasteiger partial charge on any atom is 0.343 e. The van der Waals surface area contributed by atoms with Crippen LogP contribution in [0, 0.1) is 6.92 Å². The normalized spacial score (nSPS) is 19.0. The lowest BCUT2D eigenvalue weighted by Gasteiger charge is -2.33. The van der Waals surface area contributed by atoms with Crippen molar-refractivity contribution < 1.29 is 37.9 Å². The second kappa shape index (κ2) is 13.8. The molecule has 19 heteroatoms. The van der Waals surface area contributed by atoms with E-state index in [1.165, 1.54) is 6.26 Å². The maximum atomic E-state index is 13.4. The molecule has 4 aromatic heterocycles. The number of imide groups is 2.